The highest BCUT2D eigenvalue weighted by atomic mass is 32.2. The Hall–Kier alpha value is -3.73. The summed E-state index contributed by atoms with van der Waals surface area (Å²) in [6.07, 6.45) is 15.0. The Morgan fingerprint density at radius 2 is 1.32 bits per heavy atom. The van der Waals surface area contributed by atoms with Gasteiger partial charge < -0.3 is 4.74 Å². The summed E-state index contributed by atoms with van der Waals surface area (Å²) >= 11 is 5.27. The third kappa shape index (κ3) is 5.54. The van der Waals surface area contributed by atoms with Gasteiger partial charge in [-0.3, -0.25) is 0 Å². The number of hydrogen-bond donors (Lipinski definition) is 0. The molecule has 9 rings (SSSR count). The second kappa shape index (κ2) is 12.7. The molecule has 47 heavy (non-hydrogen) atoms. The van der Waals surface area contributed by atoms with Crippen LogP contribution in [-0.4, -0.2) is 31.3 Å². The first kappa shape index (κ1) is 29.4. The smallest absolute Gasteiger partial charge is 0.164 e. The minimum absolute atomic E-state index is 0.230. The molecule has 0 N–H and O–H groups in total. The first-order chi connectivity index (χ1) is 23.3. The van der Waals surface area contributed by atoms with Gasteiger partial charge in [-0.05, 0) is 97.5 Å². The molecule has 3 atom stereocenters. The first-order valence-corrected chi connectivity index (χ1v) is 19.4. The van der Waals surface area contributed by atoms with Crippen molar-refractivity contribution < 1.29 is 4.74 Å². The van der Waals surface area contributed by atoms with Gasteiger partial charge in [-0.2, -0.15) is 0 Å². The van der Waals surface area contributed by atoms with Gasteiger partial charge in [-0.25, -0.2) is 30.0 Å². The summed E-state index contributed by atoms with van der Waals surface area (Å²) in [4.78, 5) is 22.5. The summed E-state index contributed by atoms with van der Waals surface area (Å²) in [7, 11) is 0. The molecule has 3 fully saturated rings. The molecule has 6 aromatic rings. The highest BCUT2D eigenvalue weighted by Gasteiger charge is 2.42. The molecule has 7 nitrogen and oxygen atoms in total. The molecular weight excluding hydrogens is 641 g/mol. The largest absolute Gasteiger partial charge is 0.488 e. The Balaban J connectivity index is 1.27. The molecule has 3 aliphatic rings. The van der Waals surface area contributed by atoms with Crippen LogP contribution in [0.5, 0.6) is 5.75 Å². The fourth-order valence-corrected chi connectivity index (χ4v) is 10.7. The maximum absolute atomic E-state index is 7.04. The maximum Gasteiger partial charge on any atom is 0.164 e. The number of ether oxygens (including phenoxy) is 1. The molecule has 0 amide bonds. The summed E-state index contributed by atoms with van der Waals surface area (Å²) < 4.78 is 7.04. The molecule has 0 saturated heterocycles. The zero-order valence-electron chi connectivity index (χ0n) is 26.1. The first-order valence-electron chi connectivity index (χ1n) is 16.8. The van der Waals surface area contributed by atoms with Crippen molar-refractivity contribution in [3.63, 3.8) is 0 Å². The molecule has 3 aliphatic carbocycles. The highest BCUT2D eigenvalue weighted by Crippen LogP contribution is 2.50. The fraction of sp³-hybridized carbons (Fsp3) is 0.351. The van der Waals surface area contributed by atoms with Crippen molar-refractivity contribution in [1.29, 1.82) is 0 Å². The Bertz CT molecular complexity index is 2020. The number of hydrogen-bond acceptors (Lipinski definition) is 10. The maximum atomic E-state index is 7.04. The fourth-order valence-electron chi connectivity index (χ4n) is 7.84. The van der Waals surface area contributed by atoms with Gasteiger partial charge in [-0.1, -0.05) is 43.5 Å². The summed E-state index contributed by atoms with van der Waals surface area (Å²) in [5.41, 5.74) is 1.99. The van der Waals surface area contributed by atoms with Crippen molar-refractivity contribution in [1.82, 2.24) is 19.9 Å². The van der Waals surface area contributed by atoms with E-state index in [0.29, 0.717) is 11.2 Å². The number of hydrazine groups is 1. The number of fused-ring (bicyclic) bond motifs is 4. The molecular formula is C37H36N6OS3. The summed E-state index contributed by atoms with van der Waals surface area (Å²) in [5, 5.41) is 11.3. The molecule has 10 heteroatoms. The quantitative estimate of drug-likeness (QED) is 0.140. The lowest BCUT2D eigenvalue weighted by molar-refractivity contribution is 0.139. The van der Waals surface area contributed by atoms with E-state index in [-0.39, 0.29) is 6.10 Å². The summed E-state index contributed by atoms with van der Waals surface area (Å²) in [5.74, 6) is 3.88. The molecule has 0 radical (unpaired) electrons. The SMILES string of the molecule is c1ccc(N(c2ncnc3sccc23)N(c2ccccc2SC2CCCCC2)c2ncnc3sccc23)c(OC2CC3CCC2C3)c1. The number of benzene rings is 2. The Morgan fingerprint density at radius 1 is 0.660 bits per heavy atom. The van der Waals surface area contributed by atoms with Gasteiger partial charge >= 0.3 is 0 Å². The topological polar surface area (TPSA) is 67.3 Å². The number of thiophene rings is 2. The molecule has 0 aliphatic heterocycles. The van der Waals surface area contributed by atoms with E-state index in [1.165, 1.54) is 56.3 Å². The van der Waals surface area contributed by atoms with Crippen LogP contribution < -0.4 is 14.8 Å². The van der Waals surface area contributed by atoms with Gasteiger partial charge in [0.05, 0.1) is 16.5 Å². The van der Waals surface area contributed by atoms with Gasteiger partial charge in [-0.15, -0.1) is 34.4 Å². The van der Waals surface area contributed by atoms with E-state index in [0.717, 1.165) is 61.5 Å². The normalized spacial score (nSPS) is 21.1. The predicted molar refractivity (Wildman–Crippen MR) is 195 cm³/mol. The number of aromatic nitrogens is 4. The van der Waals surface area contributed by atoms with Crippen LogP contribution in [0.2, 0.25) is 0 Å². The molecule has 4 heterocycles. The van der Waals surface area contributed by atoms with Crippen LogP contribution >= 0.6 is 34.4 Å². The standard InChI is InChI=1S/C37H36N6OS3/c1-2-8-26(9-3-1)47-33-13-7-5-11-30(33)43(35-28-17-19-46-37(28)41-23-39-35)42(34-27-16-18-45-36(27)40-22-38-34)29-10-4-6-12-31(29)44-32-21-24-14-15-25(32)20-24/h4-7,10-13,16-19,22-26,32H,1-3,8-9,14-15,20-21H2. The number of rotatable bonds is 9. The van der Waals surface area contributed by atoms with Crippen molar-refractivity contribution in [2.75, 3.05) is 10.0 Å². The Labute approximate surface area is 287 Å². The van der Waals surface area contributed by atoms with Crippen molar-refractivity contribution in [2.45, 2.75) is 74.0 Å². The summed E-state index contributed by atoms with van der Waals surface area (Å²) in [6, 6.07) is 21.5. The van der Waals surface area contributed by atoms with E-state index >= 15 is 0 Å². The number of thioether (sulfide) groups is 1. The monoisotopic (exact) mass is 676 g/mol. The van der Waals surface area contributed by atoms with Crippen molar-refractivity contribution in [2.24, 2.45) is 11.8 Å². The minimum atomic E-state index is 0.230. The van der Waals surface area contributed by atoms with E-state index in [4.69, 9.17) is 14.7 Å². The van der Waals surface area contributed by atoms with Gasteiger partial charge in [0.25, 0.3) is 0 Å². The van der Waals surface area contributed by atoms with Gasteiger partial charge in [0.2, 0.25) is 0 Å². The third-order valence-electron chi connectivity index (χ3n) is 10.1. The third-order valence-corrected chi connectivity index (χ3v) is 13.1. The molecule has 4 aromatic heterocycles. The molecule has 0 spiro atoms. The van der Waals surface area contributed by atoms with E-state index in [1.54, 1.807) is 35.3 Å². The second-order valence-electron chi connectivity index (χ2n) is 12.9. The molecule has 238 valence electrons. The lowest BCUT2D eigenvalue weighted by Gasteiger charge is -2.39. The predicted octanol–water partition coefficient (Wildman–Crippen LogP) is 10.6. The van der Waals surface area contributed by atoms with Gasteiger partial charge in [0, 0.05) is 10.1 Å². The minimum Gasteiger partial charge on any atom is -0.488 e. The highest BCUT2D eigenvalue weighted by molar-refractivity contribution is 8.00. The van der Waals surface area contributed by atoms with Crippen LogP contribution in [0, 0.1) is 11.8 Å². The number of nitrogens with zero attached hydrogens (tertiary/aromatic N) is 6. The average Bonchev–Trinajstić information content (AvgIpc) is 3.94. The van der Waals surface area contributed by atoms with Crippen LogP contribution in [-0.2, 0) is 0 Å². The van der Waals surface area contributed by atoms with Crippen LogP contribution in [0.25, 0.3) is 20.4 Å². The van der Waals surface area contributed by atoms with Crippen LogP contribution in [0.3, 0.4) is 0 Å². The lowest BCUT2D eigenvalue weighted by Crippen LogP contribution is -2.38. The molecule has 3 unspecified atom stereocenters. The van der Waals surface area contributed by atoms with Gasteiger partial charge in [0.15, 0.2) is 11.6 Å². The number of anilines is 4. The van der Waals surface area contributed by atoms with Crippen LogP contribution in [0.15, 0.2) is 89.0 Å². The molecule has 2 bridgehead atoms. The van der Waals surface area contributed by atoms with E-state index < -0.39 is 0 Å². The number of para-hydroxylation sites is 3. The van der Waals surface area contributed by atoms with Crippen molar-refractivity contribution in [3.8, 4) is 5.75 Å². The Morgan fingerprint density at radius 3 is 2.00 bits per heavy atom. The lowest BCUT2D eigenvalue weighted by atomic mass is 9.98. The second-order valence-corrected chi connectivity index (χ2v) is 16.1. The average molecular weight is 677 g/mol. The zero-order chi connectivity index (χ0) is 31.2. The van der Waals surface area contributed by atoms with Gasteiger partial charge in [0.1, 0.15) is 39.9 Å². The summed E-state index contributed by atoms with van der Waals surface area (Å²) in [6.45, 7) is 0. The van der Waals surface area contributed by atoms with Crippen LogP contribution in [0.1, 0.15) is 57.8 Å². The molecule has 2 aromatic carbocycles. The van der Waals surface area contributed by atoms with Crippen molar-refractivity contribution >= 4 is 77.9 Å². The van der Waals surface area contributed by atoms with E-state index in [1.807, 2.05) is 11.8 Å². The van der Waals surface area contributed by atoms with E-state index in [2.05, 4.69) is 91.4 Å². The van der Waals surface area contributed by atoms with Crippen LogP contribution in [0.4, 0.5) is 23.0 Å². The molecule has 3 saturated carbocycles. The van der Waals surface area contributed by atoms with Crippen molar-refractivity contribution in [3.05, 3.63) is 84.1 Å². The van der Waals surface area contributed by atoms with E-state index in [9.17, 15) is 0 Å². The Kier molecular flexibility index (Phi) is 7.95. The zero-order valence-corrected chi connectivity index (χ0v) is 28.5.